The molecule has 4 heteroatoms. The van der Waals surface area contributed by atoms with Crippen LogP contribution in [0.3, 0.4) is 0 Å². The molecule has 0 aliphatic heterocycles. The zero-order chi connectivity index (χ0) is 20.8. The first-order chi connectivity index (χ1) is 14.0. The molecule has 2 aromatic rings. The molecule has 1 heterocycles. The average Bonchev–Trinajstić information content (AvgIpc) is 3.25. The molecule has 150 valence electrons. The Morgan fingerprint density at radius 2 is 2.10 bits per heavy atom. The summed E-state index contributed by atoms with van der Waals surface area (Å²) in [4.78, 5) is 0. The van der Waals surface area contributed by atoms with E-state index in [4.69, 9.17) is 11.1 Å². The van der Waals surface area contributed by atoms with Gasteiger partial charge in [-0.3, -0.25) is 0 Å². The Bertz CT molecular complexity index is 949. The third-order valence-electron chi connectivity index (χ3n) is 5.24. The minimum atomic E-state index is -0.160. The topological polar surface area (TPSA) is 61.9 Å². The number of hydrogen-bond acceptors (Lipinski definition) is 4. The molecule has 0 saturated heterocycles. The first-order valence-electron chi connectivity index (χ1n) is 10.00. The maximum Gasteiger partial charge on any atom is 0.0590 e. The molecule has 29 heavy (non-hydrogen) atoms. The van der Waals surface area contributed by atoms with E-state index in [0.29, 0.717) is 12.1 Å². The molecule has 2 unspecified atom stereocenters. The molecule has 1 aromatic carbocycles. The van der Waals surface area contributed by atoms with Gasteiger partial charge in [-0.1, -0.05) is 56.0 Å². The summed E-state index contributed by atoms with van der Waals surface area (Å²) >= 11 is 1.65. The fourth-order valence-corrected chi connectivity index (χ4v) is 4.34. The number of thiophene rings is 1. The van der Waals surface area contributed by atoms with Crippen LogP contribution in [0.2, 0.25) is 0 Å². The van der Waals surface area contributed by atoms with E-state index in [1.807, 2.05) is 41.8 Å². The van der Waals surface area contributed by atoms with Crippen LogP contribution in [0.4, 0.5) is 0 Å². The largest absolute Gasteiger partial charge is 0.379 e. The lowest BCUT2D eigenvalue weighted by atomic mass is 9.82. The van der Waals surface area contributed by atoms with Gasteiger partial charge in [-0.25, -0.2) is 0 Å². The normalized spacial score (nSPS) is 17.9. The highest BCUT2D eigenvalue weighted by Crippen LogP contribution is 2.32. The van der Waals surface area contributed by atoms with E-state index in [0.717, 1.165) is 34.4 Å². The third kappa shape index (κ3) is 5.03. The highest BCUT2D eigenvalue weighted by atomic mass is 32.1. The number of nitrogens with one attached hydrogen (secondary N) is 2. The number of allylic oxidation sites excluding steroid dienone is 2. The summed E-state index contributed by atoms with van der Waals surface area (Å²) in [6.45, 7) is 8.56. The predicted octanol–water partition coefficient (Wildman–Crippen LogP) is 6.01. The van der Waals surface area contributed by atoms with Gasteiger partial charge in [-0.15, -0.1) is 0 Å². The van der Waals surface area contributed by atoms with E-state index in [-0.39, 0.29) is 12.1 Å². The van der Waals surface area contributed by atoms with Crippen LogP contribution in [0.1, 0.15) is 43.9 Å². The van der Waals surface area contributed by atoms with E-state index in [1.165, 1.54) is 5.56 Å². The van der Waals surface area contributed by atoms with Crippen LogP contribution in [-0.4, -0.2) is 11.8 Å². The number of benzene rings is 1. The quantitative estimate of drug-likeness (QED) is 0.473. The van der Waals surface area contributed by atoms with E-state index >= 15 is 0 Å². The minimum absolute atomic E-state index is 0.152. The van der Waals surface area contributed by atoms with Crippen molar-refractivity contribution >= 4 is 23.1 Å². The van der Waals surface area contributed by atoms with Gasteiger partial charge in [0, 0.05) is 17.8 Å². The lowest BCUT2D eigenvalue weighted by Crippen LogP contribution is -2.31. The highest BCUT2D eigenvalue weighted by Gasteiger charge is 2.25. The second-order valence-corrected chi connectivity index (χ2v) is 8.04. The summed E-state index contributed by atoms with van der Waals surface area (Å²) in [5.41, 5.74) is 13.2. The zero-order valence-corrected chi connectivity index (χ0v) is 17.9. The summed E-state index contributed by atoms with van der Waals surface area (Å²) < 4.78 is 0. The van der Waals surface area contributed by atoms with Gasteiger partial charge < -0.3 is 16.5 Å². The molecule has 0 fully saturated rings. The molecule has 0 saturated carbocycles. The van der Waals surface area contributed by atoms with Gasteiger partial charge in [0.1, 0.15) is 0 Å². The molecule has 0 bridgehead atoms. The maximum atomic E-state index is 8.66. The van der Waals surface area contributed by atoms with Crippen LogP contribution in [-0.2, 0) is 0 Å². The molecule has 0 amide bonds. The Kier molecular flexibility index (Phi) is 7.02. The maximum absolute atomic E-state index is 8.66. The van der Waals surface area contributed by atoms with Crippen LogP contribution < -0.4 is 11.1 Å². The van der Waals surface area contributed by atoms with E-state index in [9.17, 15) is 0 Å². The molecule has 0 spiro atoms. The van der Waals surface area contributed by atoms with Gasteiger partial charge in [0.15, 0.2) is 0 Å². The smallest absolute Gasteiger partial charge is 0.0590 e. The summed E-state index contributed by atoms with van der Waals surface area (Å²) in [7, 11) is 0. The van der Waals surface area contributed by atoms with Gasteiger partial charge in [-0.2, -0.15) is 11.3 Å². The molecule has 3 nitrogen and oxygen atoms in total. The van der Waals surface area contributed by atoms with E-state index in [1.54, 1.807) is 11.3 Å². The van der Waals surface area contributed by atoms with Crippen LogP contribution in [0.5, 0.6) is 0 Å². The van der Waals surface area contributed by atoms with Crippen molar-refractivity contribution in [2.75, 3.05) is 0 Å². The van der Waals surface area contributed by atoms with Crippen molar-refractivity contribution in [3.63, 3.8) is 0 Å². The summed E-state index contributed by atoms with van der Waals surface area (Å²) in [5.74, 6) is 0. The van der Waals surface area contributed by atoms with Gasteiger partial charge >= 0.3 is 0 Å². The standard InChI is InChI=1S/C25H29N3S/c1-4-21-22(18(3)28-17(2)20-8-6-5-7-9-20)11-13-24(27)25(21)23(26)12-10-19-14-15-29-16-19/h5-12,14-17,24,26,28H,3-4,13,27H2,1-2H3/b12-10+,26-23?. The monoisotopic (exact) mass is 403 g/mol. The van der Waals surface area contributed by atoms with E-state index in [2.05, 4.69) is 49.3 Å². The van der Waals surface area contributed by atoms with Crippen molar-refractivity contribution in [3.8, 4) is 0 Å². The lowest BCUT2D eigenvalue weighted by Gasteiger charge is -2.29. The van der Waals surface area contributed by atoms with E-state index < -0.39 is 0 Å². The molecular formula is C25H29N3S. The molecule has 1 aromatic heterocycles. The Labute approximate surface area is 177 Å². The Hall–Kier alpha value is -2.69. The summed E-state index contributed by atoms with van der Waals surface area (Å²) in [5, 5.41) is 16.3. The third-order valence-corrected chi connectivity index (χ3v) is 5.94. The first kappa shape index (κ1) is 21.0. The average molecular weight is 404 g/mol. The van der Waals surface area contributed by atoms with Gasteiger partial charge in [-0.05, 0) is 70.5 Å². The predicted molar refractivity (Wildman–Crippen MR) is 126 cm³/mol. The number of hydrogen-bond donors (Lipinski definition) is 3. The van der Waals surface area contributed by atoms with Crippen molar-refractivity contribution in [1.82, 2.24) is 5.32 Å². The lowest BCUT2D eigenvalue weighted by molar-refractivity contribution is 0.656. The Balaban J connectivity index is 1.83. The van der Waals surface area contributed by atoms with Gasteiger partial charge in [0.2, 0.25) is 0 Å². The van der Waals surface area contributed by atoms with Crippen molar-refractivity contribution in [1.29, 1.82) is 5.41 Å². The first-order valence-corrected chi connectivity index (χ1v) is 10.9. The molecule has 1 aliphatic carbocycles. The van der Waals surface area contributed by atoms with Crippen molar-refractivity contribution in [3.05, 3.63) is 99.4 Å². The Morgan fingerprint density at radius 1 is 1.34 bits per heavy atom. The second kappa shape index (κ2) is 9.68. The molecule has 4 N–H and O–H groups in total. The summed E-state index contributed by atoms with van der Waals surface area (Å²) in [6.07, 6.45) is 7.52. The minimum Gasteiger partial charge on any atom is -0.379 e. The SMILES string of the molecule is C=C(NC(C)c1ccccc1)C1=CCC(N)C(C(=N)/C=C/c2ccsc2)=C1CC. The fourth-order valence-electron chi connectivity index (χ4n) is 3.71. The molecule has 1 aliphatic rings. The molecule has 0 radical (unpaired) electrons. The molecular weight excluding hydrogens is 374 g/mol. The second-order valence-electron chi connectivity index (χ2n) is 7.26. The van der Waals surface area contributed by atoms with Crippen LogP contribution >= 0.6 is 11.3 Å². The number of rotatable bonds is 8. The van der Waals surface area contributed by atoms with Crippen molar-refractivity contribution in [2.45, 2.75) is 38.8 Å². The Morgan fingerprint density at radius 3 is 2.76 bits per heavy atom. The van der Waals surface area contributed by atoms with Crippen molar-refractivity contribution in [2.24, 2.45) is 5.73 Å². The van der Waals surface area contributed by atoms with Gasteiger partial charge in [0.25, 0.3) is 0 Å². The van der Waals surface area contributed by atoms with Crippen molar-refractivity contribution < 1.29 is 0 Å². The summed E-state index contributed by atoms with van der Waals surface area (Å²) in [6, 6.07) is 12.4. The van der Waals surface area contributed by atoms with Crippen LogP contribution in [0.15, 0.2) is 88.3 Å². The number of nitrogens with two attached hydrogens (primary N) is 1. The zero-order valence-electron chi connectivity index (χ0n) is 17.1. The molecule has 2 atom stereocenters. The van der Waals surface area contributed by atoms with Crippen LogP contribution in [0.25, 0.3) is 6.08 Å². The highest BCUT2D eigenvalue weighted by molar-refractivity contribution is 7.08. The fraction of sp³-hybridized carbons (Fsp3) is 0.240. The molecule has 3 rings (SSSR count). The van der Waals surface area contributed by atoms with Crippen LogP contribution in [0, 0.1) is 5.41 Å². The van der Waals surface area contributed by atoms with Gasteiger partial charge in [0.05, 0.1) is 5.71 Å².